The first-order chi connectivity index (χ1) is 37.8. The fourth-order valence-corrected chi connectivity index (χ4v) is 9.86. The highest BCUT2D eigenvalue weighted by molar-refractivity contribution is 7.47. The zero-order chi connectivity index (χ0) is 55.9. The first-order valence-electron chi connectivity index (χ1n) is 32.1. The zero-order valence-corrected chi connectivity index (χ0v) is 50.8. The molecular weight excluding hydrogens is 978 g/mol. The van der Waals surface area contributed by atoms with E-state index < -0.39 is 26.5 Å². The summed E-state index contributed by atoms with van der Waals surface area (Å²) in [5, 5.41) is 0. The van der Waals surface area contributed by atoms with E-state index in [0.717, 1.165) is 83.5 Å². The molecule has 0 saturated heterocycles. The van der Waals surface area contributed by atoms with Crippen molar-refractivity contribution in [3.05, 3.63) is 85.1 Å². The summed E-state index contributed by atoms with van der Waals surface area (Å²) in [6, 6.07) is 0. The van der Waals surface area contributed by atoms with Crippen LogP contribution in [0.2, 0.25) is 0 Å². The zero-order valence-electron chi connectivity index (χ0n) is 49.9. The van der Waals surface area contributed by atoms with Gasteiger partial charge in [0.15, 0.2) is 6.10 Å². The SMILES string of the molecule is CC/C=C\C/C=C\C/C=C\C/C=C\C/C=C\C/C=C\C/C=C\CCCCCCCCCCCCCCCCCC(=O)OC(COC(=O)CCCCCCCCCCCCCCCCCCCCC)COP(=O)(O)OCCN. The van der Waals surface area contributed by atoms with Gasteiger partial charge in [-0.3, -0.25) is 18.6 Å². The number of carbonyl (C=O) groups is 2. The largest absolute Gasteiger partial charge is 0.472 e. The minimum Gasteiger partial charge on any atom is -0.462 e. The number of unbranched alkanes of at least 4 members (excludes halogenated alkanes) is 33. The third-order valence-corrected chi connectivity index (χ3v) is 14.8. The standard InChI is InChI=1S/C67H120NO8P/c1-3-5-7-9-11-13-15-17-19-21-23-24-25-26-27-28-29-30-31-32-33-34-35-36-37-38-39-40-42-44-46-48-50-52-54-56-58-60-67(70)76-65(64-75-77(71,72)74-62-61-68)63-73-66(69)59-57-55-53-51-49-47-45-43-41-22-20-18-16-14-12-10-8-6-4-2/h5,7,11,13,17,19,23-24,26-27,29-30,32-33,65H,3-4,6,8-10,12,14-16,18,20-22,25,28,31,34-64,68H2,1-2H3,(H,71,72)/b7-5-,13-11-,19-17-,24-23-,27-26-,30-29-,33-32-. The number of allylic oxidation sites excluding steroid dienone is 14. The second-order valence-corrected chi connectivity index (χ2v) is 22.7. The lowest BCUT2D eigenvalue weighted by Gasteiger charge is -2.19. The summed E-state index contributed by atoms with van der Waals surface area (Å²) in [7, 11) is -4.39. The van der Waals surface area contributed by atoms with E-state index >= 15 is 0 Å². The third kappa shape index (κ3) is 62.3. The maximum Gasteiger partial charge on any atom is 0.472 e. The molecule has 0 rings (SSSR count). The molecule has 0 heterocycles. The molecule has 2 unspecified atom stereocenters. The minimum absolute atomic E-state index is 0.0530. The van der Waals surface area contributed by atoms with E-state index in [2.05, 4.69) is 98.9 Å². The van der Waals surface area contributed by atoms with E-state index in [9.17, 15) is 19.0 Å². The summed E-state index contributed by atoms with van der Waals surface area (Å²) in [4.78, 5) is 35.2. The van der Waals surface area contributed by atoms with Crippen molar-refractivity contribution in [3.8, 4) is 0 Å². The molecule has 0 aliphatic heterocycles. The van der Waals surface area contributed by atoms with Crippen molar-refractivity contribution in [2.75, 3.05) is 26.4 Å². The van der Waals surface area contributed by atoms with Gasteiger partial charge in [0.2, 0.25) is 0 Å². The van der Waals surface area contributed by atoms with Crippen LogP contribution in [0.1, 0.15) is 296 Å². The Balaban J connectivity index is 3.88. The van der Waals surface area contributed by atoms with Crippen LogP contribution in [0.3, 0.4) is 0 Å². The number of nitrogens with two attached hydrogens (primary N) is 1. The summed E-state index contributed by atoms with van der Waals surface area (Å²) in [5.74, 6) is -0.816. The Morgan fingerprint density at radius 1 is 0.403 bits per heavy atom. The number of ether oxygens (including phenoxy) is 2. The van der Waals surface area contributed by atoms with Crippen LogP contribution in [-0.2, 0) is 32.7 Å². The molecule has 10 heteroatoms. The van der Waals surface area contributed by atoms with Crippen LogP contribution in [0.4, 0.5) is 0 Å². The average molecular weight is 1100 g/mol. The number of hydrogen-bond acceptors (Lipinski definition) is 8. The summed E-state index contributed by atoms with van der Waals surface area (Å²) >= 11 is 0. The predicted molar refractivity (Wildman–Crippen MR) is 330 cm³/mol. The summed E-state index contributed by atoms with van der Waals surface area (Å²) in [6.07, 6.45) is 82.3. The maximum atomic E-state index is 12.7. The quantitative estimate of drug-likeness (QED) is 0.0264. The Hall–Kier alpha value is -2.81. The van der Waals surface area contributed by atoms with Gasteiger partial charge in [-0.25, -0.2) is 4.57 Å². The highest BCUT2D eigenvalue weighted by atomic mass is 31.2. The number of phosphoric acid groups is 1. The minimum atomic E-state index is -4.39. The topological polar surface area (TPSA) is 134 Å². The number of rotatable bonds is 60. The highest BCUT2D eigenvalue weighted by Crippen LogP contribution is 2.43. The van der Waals surface area contributed by atoms with Crippen molar-refractivity contribution in [3.63, 3.8) is 0 Å². The van der Waals surface area contributed by atoms with Gasteiger partial charge < -0.3 is 20.1 Å². The van der Waals surface area contributed by atoms with Gasteiger partial charge in [-0.05, 0) is 70.6 Å². The van der Waals surface area contributed by atoms with Gasteiger partial charge in [0, 0.05) is 19.4 Å². The van der Waals surface area contributed by atoms with Gasteiger partial charge in [0.05, 0.1) is 13.2 Å². The lowest BCUT2D eigenvalue weighted by molar-refractivity contribution is -0.161. The Morgan fingerprint density at radius 2 is 0.714 bits per heavy atom. The normalized spacial score (nSPS) is 13.6. The Kier molecular flexibility index (Phi) is 60.1. The highest BCUT2D eigenvalue weighted by Gasteiger charge is 2.26. The molecule has 0 spiro atoms. The second kappa shape index (κ2) is 62.4. The third-order valence-electron chi connectivity index (χ3n) is 13.8. The van der Waals surface area contributed by atoms with Crippen molar-refractivity contribution in [1.29, 1.82) is 0 Å². The van der Waals surface area contributed by atoms with E-state index in [0.29, 0.717) is 6.42 Å². The maximum absolute atomic E-state index is 12.7. The van der Waals surface area contributed by atoms with E-state index in [4.69, 9.17) is 24.3 Å². The van der Waals surface area contributed by atoms with E-state index in [-0.39, 0.29) is 38.6 Å². The van der Waals surface area contributed by atoms with Crippen LogP contribution < -0.4 is 5.73 Å². The molecule has 0 aliphatic carbocycles. The number of carbonyl (C=O) groups excluding carboxylic acids is 2. The molecule has 9 nitrogen and oxygen atoms in total. The molecule has 0 amide bonds. The van der Waals surface area contributed by atoms with Gasteiger partial charge >= 0.3 is 19.8 Å². The Labute approximate surface area is 474 Å². The number of esters is 2. The van der Waals surface area contributed by atoms with Crippen molar-refractivity contribution < 1.29 is 37.6 Å². The number of hydrogen-bond donors (Lipinski definition) is 2. The molecule has 77 heavy (non-hydrogen) atoms. The predicted octanol–water partition coefficient (Wildman–Crippen LogP) is 20.6. The van der Waals surface area contributed by atoms with Crippen LogP contribution in [0.25, 0.3) is 0 Å². The van der Waals surface area contributed by atoms with E-state index in [1.807, 2.05) is 0 Å². The first kappa shape index (κ1) is 74.2. The van der Waals surface area contributed by atoms with Crippen LogP contribution in [0.5, 0.6) is 0 Å². The first-order valence-corrected chi connectivity index (χ1v) is 33.6. The Morgan fingerprint density at radius 3 is 1.06 bits per heavy atom. The molecule has 0 aromatic heterocycles. The van der Waals surface area contributed by atoms with Crippen LogP contribution in [-0.4, -0.2) is 49.3 Å². The van der Waals surface area contributed by atoms with E-state index in [1.54, 1.807) is 0 Å². The molecular formula is C67H120NO8P. The fraction of sp³-hybridized carbons (Fsp3) is 0.761. The van der Waals surface area contributed by atoms with Crippen LogP contribution in [0, 0.1) is 0 Å². The van der Waals surface area contributed by atoms with Crippen molar-refractivity contribution in [1.82, 2.24) is 0 Å². The molecule has 0 fully saturated rings. The van der Waals surface area contributed by atoms with Crippen LogP contribution in [0.15, 0.2) is 85.1 Å². The number of phosphoric ester groups is 1. The van der Waals surface area contributed by atoms with Crippen molar-refractivity contribution in [2.24, 2.45) is 5.73 Å². The smallest absolute Gasteiger partial charge is 0.462 e. The van der Waals surface area contributed by atoms with Gasteiger partial charge in [-0.1, -0.05) is 298 Å². The molecule has 0 radical (unpaired) electrons. The molecule has 0 aromatic rings. The van der Waals surface area contributed by atoms with Crippen LogP contribution >= 0.6 is 7.82 Å². The molecule has 0 aliphatic rings. The molecule has 0 aromatic carbocycles. The van der Waals surface area contributed by atoms with E-state index in [1.165, 1.54) is 180 Å². The molecule has 2 atom stereocenters. The van der Waals surface area contributed by atoms with Gasteiger partial charge in [0.25, 0.3) is 0 Å². The summed E-state index contributed by atoms with van der Waals surface area (Å²) in [6.45, 7) is 3.67. The summed E-state index contributed by atoms with van der Waals surface area (Å²) in [5.41, 5.74) is 5.39. The van der Waals surface area contributed by atoms with Gasteiger partial charge in [-0.15, -0.1) is 0 Å². The lowest BCUT2D eigenvalue weighted by Crippen LogP contribution is -2.29. The molecule has 3 N–H and O–H groups in total. The fourth-order valence-electron chi connectivity index (χ4n) is 9.09. The summed E-state index contributed by atoms with van der Waals surface area (Å²) < 4.78 is 33.1. The lowest BCUT2D eigenvalue weighted by atomic mass is 10.0. The van der Waals surface area contributed by atoms with Crippen molar-refractivity contribution >= 4 is 19.8 Å². The molecule has 0 bridgehead atoms. The van der Waals surface area contributed by atoms with Gasteiger partial charge in [-0.2, -0.15) is 0 Å². The molecule has 446 valence electrons. The average Bonchev–Trinajstić information content (AvgIpc) is 3.42. The second-order valence-electron chi connectivity index (χ2n) is 21.3. The molecule has 0 saturated carbocycles. The van der Waals surface area contributed by atoms with Gasteiger partial charge in [0.1, 0.15) is 6.61 Å². The Bertz CT molecular complexity index is 1530. The monoisotopic (exact) mass is 1100 g/mol. The van der Waals surface area contributed by atoms with Crippen molar-refractivity contribution in [2.45, 2.75) is 302 Å².